The fraction of sp³-hybridized carbons (Fsp3) is 0.182. The highest BCUT2D eigenvalue weighted by atomic mass is 35.5. The van der Waals surface area contributed by atoms with Crippen molar-refractivity contribution in [1.82, 2.24) is 0 Å². The first-order valence-corrected chi connectivity index (χ1v) is 4.68. The summed E-state index contributed by atoms with van der Waals surface area (Å²) >= 11 is 5.98. The summed E-state index contributed by atoms with van der Waals surface area (Å²) in [6, 6.07) is 7.38. The number of carbonyl (C=O) groups excluding carboxylic acids is 1. The molecule has 1 amide bonds. The zero-order valence-corrected chi connectivity index (χ0v) is 8.50. The molecule has 0 heterocycles. The van der Waals surface area contributed by atoms with Crippen LogP contribution in [-0.4, -0.2) is 5.91 Å². The van der Waals surface area contributed by atoms with Crippen LogP contribution in [0.5, 0.6) is 0 Å². The van der Waals surface area contributed by atoms with Crippen molar-refractivity contribution < 1.29 is 4.79 Å². The van der Waals surface area contributed by atoms with Crippen LogP contribution in [0.3, 0.4) is 0 Å². The van der Waals surface area contributed by atoms with Gasteiger partial charge in [-0.1, -0.05) is 35.9 Å². The third kappa shape index (κ3) is 2.60. The maximum atomic E-state index is 10.8. The van der Waals surface area contributed by atoms with Crippen LogP contribution in [0.15, 0.2) is 36.9 Å². The quantitative estimate of drug-likeness (QED) is 0.761. The molecule has 0 aliphatic heterocycles. The zero-order valence-electron chi connectivity index (χ0n) is 7.74. The summed E-state index contributed by atoms with van der Waals surface area (Å²) in [7, 11) is 0. The van der Waals surface area contributed by atoms with Crippen LogP contribution < -0.4 is 5.73 Å². The van der Waals surface area contributed by atoms with Gasteiger partial charge in [-0.3, -0.25) is 4.79 Å². The van der Waals surface area contributed by atoms with Gasteiger partial charge in [0.1, 0.15) is 0 Å². The molecule has 2 nitrogen and oxygen atoms in total. The highest BCUT2D eigenvalue weighted by molar-refractivity contribution is 6.31. The molecule has 1 unspecified atom stereocenters. The molecule has 14 heavy (non-hydrogen) atoms. The Labute approximate surface area is 88.4 Å². The van der Waals surface area contributed by atoms with Crippen LogP contribution in [-0.2, 0) is 4.79 Å². The molecule has 1 rings (SSSR count). The maximum absolute atomic E-state index is 10.8. The lowest BCUT2D eigenvalue weighted by atomic mass is 9.95. The molecule has 2 N–H and O–H groups in total. The van der Waals surface area contributed by atoms with Gasteiger partial charge in [-0.05, 0) is 11.6 Å². The first-order chi connectivity index (χ1) is 6.65. The summed E-state index contributed by atoms with van der Waals surface area (Å²) in [6.45, 7) is 3.67. The first-order valence-electron chi connectivity index (χ1n) is 4.30. The van der Waals surface area contributed by atoms with Gasteiger partial charge in [0.05, 0.1) is 0 Å². The lowest BCUT2D eigenvalue weighted by Crippen LogP contribution is -2.14. The number of primary amides is 1. The molecule has 3 heteroatoms. The number of allylic oxidation sites excluding steroid dienone is 1. The van der Waals surface area contributed by atoms with Gasteiger partial charge in [-0.15, -0.1) is 6.58 Å². The Kier molecular flexibility index (Phi) is 3.72. The van der Waals surface area contributed by atoms with Crippen LogP contribution in [0.1, 0.15) is 17.9 Å². The Morgan fingerprint density at radius 2 is 2.21 bits per heavy atom. The molecule has 0 spiro atoms. The van der Waals surface area contributed by atoms with E-state index in [0.717, 1.165) is 5.56 Å². The van der Waals surface area contributed by atoms with E-state index in [0.29, 0.717) is 5.02 Å². The fourth-order valence-electron chi connectivity index (χ4n) is 1.31. The Bertz CT molecular complexity index is 349. The molecule has 1 aromatic carbocycles. The third-order valence-corrected chi connectivity index (χ3v) is 2.35. The average molecular weight is 210 g/mol. The van der Waals surface area contributed by atoms with E-state index < -0.39 is 0 Å². The van der Waals surface area contributed by atoms with Crippen LogP contribution in [0.4, 0.5) is 0 Å². The largest absolute Gasteiger partial charge is 0.370 e. The topological polar surface area (TPSA) is 43.1 Å². The van der Waals surface area contributed by atoms with Crippen LogP contribution in [0, 0.1) is 0 Å². The van der Waals surface area contributed by atoms with Crippen molar-refractivity contribution >= 4 is 17.5 Å². The average Bonchev–Trinajstić information content (AvgIpc) is 2.15. The van der Waals surface area contributed by atoms with Crippen LogP contribution >= 0.6 is 11.6 Å². The molecule has 0 saturated heterocycles. The summed E-state index contributed by atoms with van der Waals surface area (Å²) in [5.74, 6) is -0.448. The number of nitrogens with two attached hydrogens (primary N) is 1. The highest BCUT2D eigenvalue weighted by Gasteiger charge is 2.12. The van der Waals surface area contributed by atoms with Gasteiger partial charge in [0.2, 0.25) is 5.91 Å². The van der Waals surface area contributed by atoms with E-state index in [4.69, 9.17) is 17.3 Å². The van der Waals surface area contributed by atoms with Crippen molar-refractivity contribution in [3.63, 3.8) is 0 Å². The van der Waals surface area contributed by atoms with Crippen LogP contribution in [0.25, 0.3) is 0 Å². The van der Waals surface area contributed by atoms with Gasteiger partial charge in [0, 0.05) is 17.4 Å². The second kappa shape index (κ2) is 4.82. The Morgan fingerprint density at radius 3 is 2.71 bits per heavy atom. The minimum absolute atomic E-state index is 0.0961. The van der Waals surface area contributed by atoms with Crippen molar-refractivity contribution in [3.8, 4) is 0 Å². The fourth-order valence-corrected chi connectivity index (χ4v) is 1.59. The summed E-state index contributed by atoms with van der Waals surface area (Å²) in [5, 5.41) is 0.638. The molecule has 0 bridgehead atoms. The molecule has 0 aromatic heterocycles. The van der Waals surface area contributed by atoms with Gasteiger partial charge in [-0.25, -0.2) is 0 Å². The monoisotopic (exact) mass is 209 g/mol. The van der Waals surface area contributed by atoms with Gasteiger partial charge in [0.25, 0.3) is 0 Å². The van der Waals surface area contributed by atoms with Crippen molar-refractivity contribution in [2.24, 2.45) is 5.73 Å². The van der Waals surface area contributed by atoms with Gasteiger partial charge in [0.15, 0.2) is 0 Å². The predicted molar refractivity (Wildman–Crippen MR) is 58.2 cm³/mol. The smallest absolute Gasteiger partial charge is 0.218 e. The van der Waals surface area contributed by atoms with Crippen LogP contribution in [0.2, 0.25) is 5.02 Å². The summed E-state index contributed by atoms with van der Waals surface area (Å²) in [5.41, 5.74) is 6.02. The molecule has 0 radical (unpaired) electrons. The predicted octanol–water partition coefficient (Wildman–Crippen LogP) is 2.49. The van der Waals surface area contributed by atoms with Crippen molar-refractivity contribution in [3.05, 3.63) is 47.5 Å². The minimum atomic E-state index is -0.352. The third-order valence-electron chi connectivity index (χ3n) is 2.01. The minimum Gasteiger partial charge on any atom is -0.370 e. The Hall–Kier alpha value is -1.28. The van der Waals surface area contributed by atoms with E-state index in [9.17, 15) is 4.79 Å². The maximum Gasteiger partial charge on any atom is 0.218 e. The lowest BCUT2D eigenvalue weighted by molar-refractivity contribution is -0.118. The number of halogens is 1. The number of carbonyl (C=O) groups is 1. The Balaban J connectivity index is 2.94. The molecule has 0 saturated carbocycles. The SMILES string of the molecule is C=CC(CC(N)=O)c1ccccc1Cl. The Morgan fingerprint density at radius 1 is 1.57 bits per heavy atom. The summed E-state index contributed by atoms with van der Waals surface area (Å²) < 4.78 is 0. The number of hydrogen-bond acceptors (Lipinski definition) is 1. The van der Waals surface area contributed by atoms with Gasteiger partial charge >= 0.3 is 0 Å². The van der Waals surface area contributed by atoms with E-state index in [1.165, 1.54) is 0 Å². The molecule has 1 aromatic rings. The molecule has 0 aliphatic carbocycles. The zero-order chi connectivity index (χ0) is 10.6. The number of benzene rings is 1. The van der Waals surface area contributed by atoms with E-state index >= 15 is 0 Å². The van der Waals surface area contributed by atoms with Crippen molar-refractivity contribution in [2.45, 2.75) is 12.3 Å². The normalized spacial score (nSPS) is 12.1. The second-order valence-electron chi connectivity index (χ2n) is 3.03. The van der Waals surface area contributed by atoms with E-state index in [-0.39, 0.29) is 18.2 Å². The van der Waals surface area contributed by atoms with Gasteiger partial charge in [-0.2, -0.15) is 0 Å². The summed E-state index contributed by atoms with van der Waals surface area (Å²) in [4.78, 5) is 10.8. The molecular weight excluding hydrogens is 198 g/mol. The number of hydrogen-bond donors (Lipinski definition) is 1. The number of rotatable bonds is 4. The molecule has 1 atom stereocenters. The van der Waals surface area contributed by atoms with Crippen molar-refractivity contribution in [2.75, 3.05) is 0 Å². The molecule has 74 valence electrons. The molecule has 0 aliphatic rings. The van der Waals surface area contributed by atoms with Crippen molar-refractivity contribution in [1.29, 1.82) is 0 Å². The van der Waals surface area contributed by atoms with E-state index in [2.05, 4.69) is 6.58 Å². The lowest BCUT2D eigenvalue weighted by Gasteiger charge is -2.11. The van der Waals surface area contributed by atoms with E-state index in [1.807, 2.05) is 18.2 Å². The highest BCUT2D eigenvalue weighted by Crippen LogP contribution is 2.27. The molecule has 0 fully saturated rings. The molecular formula is C11H12ClNO. The summed E-state index contributed by atoms with van der Waals surface area (Å²) in [6.07, 6.45) is 1.93. The first kappa shape index (κ1) is 10.8. The van der Waals surface area contributed by atoms with Gasteiger partial charge < -0.3 is 5.73 Å². The standard InChI is InChI=1S/C11H12ClNO/c1-2-8(7-11(13)14)9-5-3-4-6-10(9)12/h2-6,8H,1,7H2,(H2,13,14). The number of amides is 1. The van der Waals surface area contributed by atoms with E-state index in [1.54, 1.807) is 12.1 Å². The second-order valence-corrected chi connectivity index (χ2v) is 3.44.